The molecule has 1 aliphatic heterocycles. The molecule has 0 saturated carbocycles. The van der Waals surface area contributed by atoms with Crippen LogP contribution in [0.2, 0.25) is 0 Å². The fraction of sp³-hybridized carbons (Fsp3) is 0.333. The maximum absolute atomic E-state index is 13.2. The van der Waals surface area contributed by atoms with E-state index in [1.807, 2.05) is 60.7 Å². The fourth-order valence-electron chi connectivity index (χ4n) is 3.06. The summed E-state index contributed by atoms with van der Waals surface area (Å²) in [6, 6.07) is 19.0. The van der Waals surface area contributed by atoms with Gasteiger partial charge in [-0.05, 0) is 24.0 Å². The van der Waals surface area contributed by atoms with Crippen molar-refractivity contribution < 1.29 is 8.42 Å². The predicted molar refractivity (Wildman–Crippen MR) is 89.1 cm³/mol. The Hall–Kier alpha value is -1.65. The third kappa shape index (κ3) is 3.08. The zero-order chi connectivity index (χ0) is 15.4. The first-order valence-electron chi connectivity index (χ1n) is 7.78. The molecule has 2 aromatic carbocycles. The quantitative estimate of drug-likeness (QED) is 0.864. The van der Waals surface area contributed by atoms with E-state index in [0.717, 1.165) is 30.4 Å². The minimum Gasteiger partial charge on any atom is -0.211 e. The van der Waals surface area contributed by atoms with Gasteiger partial charge < -0.3 is 0 Å². The van der Waals surface area contributed by atoms with Crippen LogP contribution in [-0.2, 0) is 10.0 Å². The average Bonchev–Trinajstić information content (AvgIpc) is 2.58. The molecule has 0 N–H and O–H groups in total. The zero-order valence-electron chi connectivity index (χ0n) is 12.6. The zero-order valence-corrected chi connectivity index (χ0v) is 13.4. The van der Waals surface area contributed by atoms with Gasteiger partial charge in [0.2, 0.25) is 10.0 Å². The van der Waals surface area contributed by atoms with E-state index >= 15 is 0 Å². The smallest absolute Gasteiger partial charge is 0.211 e. The van der Waals surface area contributed by atoms with Crippen molar-refractivity contribution in [1.29, 1.82) is 0 Å². The molecule has 4 heteroatoms. The van der Waals surface area contributed by atoms with Crippen LogP contribution in [-0.4, -0.2) is 25.8 Å². The topological polar surface area (TPSA) is 37.4 Å². The Morgan fingerprint density at radius 2 is 1.18 bits per heavy atom. The monoisotopic (exact) mass is 315 g/mol. The van der Waals surface area contributed by atoms with Gasteiger partial charge in [-0.1, -0.05) is 67.1 Å². The molecule has 1 heterocycles. The van der Waals surface area contributed by atoms with Crippen molar-refractivity contribution in [3.63, 3.8) is 0 Å². The van der Waals surface area contributed by atoms with Crippen LogP contribution in [0.5, 0.6) is 0 Å². The van der Waals surface area contributed by atoms with Gasteiger partial charge in [-0.25, -0.2) is 12.7 Å². The van der Waals surface area contributed by atoms with Gasteiger partial charge in [0.1, 0.15) is 5.25 Å². The third-order valence-electron chi connectivity index (χ3n) is 4.18. The summed E-state index contributed by atoms with van der Waals surface area (Å²) in [6.45, 7) is 1.27. The van der Waals surface area contributed by atoms with Crippen LogP contribution in [0.25, 0.3) is 0 Å². The van der Waals surface area contributed by atoms with Crippen LogP contribution >= 0.6 is 0 Å². The summed E-state index contributed by atoms with van der Waals surface area (Å²) >= 11 is 0. The first-order valence-corrected chi connectivity index (χ1v) is 9.29. The third-order valence-corrected chi connectivity index (χ3v) is 6.40. The molecule has 1 aliphatic rings. The van der Waals surface area contributed by atoms with Gasteiger partial charge >= 0.3 is 0 Å². The summed E-state index contributed by atoms with van der Waals surface area (Å²) in [7, 11) is -3.40. The van der Waals surface area contributed by atoms with E-state index in [4.69, 9.17) is 0 Å². The van der Waals surface area contributed by atoms with Crippen molar-refractivity contribution >= 4 is 10.0 Å². The minimum atomic E-state index is -3.40. The van der Waals surface area contributed by atoms with Crippen molar-refractivity contribution in [3.8, 4) is 0 Å². The molecule has 0 unspecified atom stereocenters. The SMILES string of the molecule is O=S(=O)(C(c1ccccc1)c1ccccc1)N1CCCCC1. The number of benzene rings is 2. The van der Waals surface area contributed by atoms with Crippen molar-refractivity contribution in [2.75, 3.05) is 13.1 Å². The Morgan fingerprint density at radius 3 is 1.64 bits per heavy atom. The van der Waals surface area contributed by atoms with Gasteiger partial charge in [0, 0.05) is 13.1 Å². The Morgan fingerprint density at radius 1 is 0.727 bits per heavy atom. The van der Waals surface area contributed by atoms with E-state index < -0.39 is 15.3 Å². The lowest BCUT2D eigenvalue weighted by atomic mass is 10.0. The van der Waals surface area contributed by atoms with Crippen LogP contribution in [0, 0.1) is 0 Å². The summed E-state index contributed by atoms with van der Waals surface area (Å²) in [5.41, 5.74) is 1.67. The van der Waals surface area contributed by atoms with E-state index in [2.05, 4.69) is 0 Å². The summed E-state index contributed by atoms with van der Waals surface area (Å²) < 4.78 is 28.1. The molecule has 1 fully saturated rings. The second-order valence-electron chi connectivity index (χ2n) is 5.71. The molecule has 0 aromatic heterocycles. The molecule has 1 saturated heterocycles. The lowest BCUT2D eigenvalue weighted by Gasteiger charge is -2.30. The van der Waals surface area contributed by atoms with Gasteiger partial charge in [-0.3, -0.25) is 0 Å². The highest BCUT2D eigenvalue weighted by Gasteiger charge is 2.34. The molecule has 0 radical (unpaired) electrons. The van der Waals surface area contributed by atoms with Crippen LogP contribution in [0.3, 0.4) is 0 Å². The molecule has 22 heavy (non-hydrogen) atoms. The molecule has 0 spiro atoms. The van der Waals surface area contributed by atoms with Crippen LogP contribution in [0.4, 0.5) is 0 Å². The Kier molecular flexibility index (Phi) is 4.60. The van der Waals surface area contributed by atoms with E-state index in [-0.39, 0.29) is 0 Å². The highest BCUT2D eigenvalue weighted by atomic mass is 32.2. The number of piperidine rings is 1. The average molecular weight is 315 g/mol. The molecule has 3 rings (SSSR count). The van der Waals surface area contributed by atoms with Crippen LogP contribution in [0.15, 0.2) is 60.7 Å². The van der Waals surface area contributed by atoms with Crippen molar-refractivity contribution in [2.24, 2.45) is 0 Å². The predicted octanol–water partition coefficient (Wildman–Crippen LogP) is 3.59. The normalized spacial score (nSPS) is 16.8. The van der Waals surface area contributed by atoms with Gasteiger partial charge in [-0.2, -0.15) is 0 Å². The van der Waals surface area contributed by atoms with Gasteiger partial charge in [0.05, 0.1) is 0 Å². The summed E-state index contributed by atoms with van der Waals surface area (Å²) in [6.07, 6.45) is 3.03. The lowest BCUT2D eigenvalue weighted by Crippen LogP contribution is -2.38. The van der Waals surface area contributed by atoms with Crippen molar-refractivity contribution in [1.82, 2.24) is 4.31 Å². The Bertz CT molecular complexity index is 653. The van der Waals surface area contributed by atoms with Gasteiger partial charge in [0.25, 0.3) is 0 Å². The molecule has 0 bridgehead atoms. The number of sulfonamides is 1. The second-order valence-corrected chi connectivity index (χ2v) is 7.72. The first-order chi connectivity index (χ1) is 10.7. The minimum absolute atomic E-state index is 0.618. The molecule has 116 valence electrons. The number of nitrogens with zero attached hydrogens (tertiary/aromatic N) is 1. The molecule has 0 amide bonds. The molecule has 0 aliphatic carbocycles. The fourth-order valence-corrected chi connectivity index (χ4v) is 5.13. The van der Waals surface area contributed by atoms with E-state index in [9.17, 15) is 8.42 Å². The molecule has 2 aromatic rings. The number of rotatable bonds is 4. The maximum atomic E-state index is 13.2. The maximum Gasteiger partial charge on any atom is 0.225 e. The van der Waals surface area contributed by atoms with Gasteiger partial charge in [0.15, 0.2) is 0 Å². The largest absolute Gasteiger partial charge is 0.225 e. The highest BCUT2D eigenvalue weighted by molar-refractivity contribution is 7.89. The molecular weight excluding hydrogens is 294 g/mol. The summed E-state index contributed by atoms with van der Waals surface area (Å²) in [4.78, 5) is 0. The lowest BCUT2D eigenvalue weighted by molar-refractivity contribution is 0.344. The van der Waals surface area contributed by atoms with E-state index in [1.54, 1.807) is 4.31 Å². The Labute approximate surface area is 132 Å². The number of hydrogen-bond acceptors (Lipinski definition) is 2. The standard InChI is InChI=1S/C18H21NO2S/c20-22(21,19-14-8-3-9-15-19)18(16-10-4-1-5-11-16)17-12-6-2-7-13-17/h1-2,4-7,10-13,18H,3,8-9,14-15H2. The Balaban J connectivity index is 2.05. The molecular formula is C18H21NO2S. The molecule has 0 atom stereocenters. The van der Waals surface area contributed by atoms with E-state index in [1.165, 1.54) is 0 Å². The van der Waals surface area contributed by atoms with Gasteiger partial charge in [-0.15, -0.1) is 0 Å². The van der Waals surface area contributed by atoms with E-state index in [0.29, 0.717) is 13.1 Å². The van der Waals surface area contributed by atoms with Crippen molar-refractivity contribution in [3.05, 3.63) is 71.8 Å². The highest BCUT2D eigenvalue weighted by Crippen LogP contribution is 2.33. The van der Waals surface area contributed by atoms with Crippen LogP contribution in [0.1, 0.15) is 35.6 Å². The first kappa shape index (κ1) is 15.3. The second kappa shape index (κ2) is 6.63. The molecule has 3 nitrogen and oxygen atoms in total. The van der Waals surface area contributed by atoms with Crippen LogP contribution < -0.4 is 0 Å². The summed E-state index contributed by atoms with van der Waals surface area (Å²) in [5.74, 6) is 0. The van der Waals surface area contributed by atoms with Crippen molar-refractivity contribution in [2.45, 2.75) is 24.5 Å². The number of hydrogen-bond donors (Lipinski definition) is 0. The summed E-state index contributed by atoms with van der Waals surface area (Å²) in [5, 5.41) is -0.618.